The number of carbonyl (C=O) groups excluding carboxylic acids is 1. The highest BCUT2D eigenvalue weighted by Crippen LogP contribution is 2.35. The van der Waals surface area contributed by atoms with E-state index in [9.17, 15) is 18.0 Å². The van der Waals surface area contributed by atoms with Gasteiger partial charge in [0.05, 0.1) is 47.4 Å². The summed E-state index contributed by atoms with van der Waals surface area (Å²) < 4.78 is 48.0. The zero-order valence-electron chi connectivity index (χ0n) is 17.3. The molecular formula is C20H14F3N9O2. The van der Waals surface area contributed by atoms with Crippen molar-refractivity contribution >= 4 is 28.4 Å². The Morgan fingerprint density at radius 1 is 1.09 bits per heavy atom. The van der Waals surface area contributed by atoms with E-state index in [0.717, 1.165) is 12.6 Å². The number of nitrogens with zero attached hydrogens (tertiary/aromatic N) is 7. The standard InChI is InChI=1S/C20H14F3N9O2/c1-24-13-7-11(8-25-18(13)32-27-5-6-28-32)30-19(33)12-9-29-31(17(12)20(21,22)23)14-3-2-4-15-16(14)26-10-34-15/h2-10,24H,1H3,(H,30,33). The molecule has 0 aliphatic heterocycles. The fraction of sp³-hybridized carbons (Fsp3) is 0.100. The van der Waals surface area contributed by atoms with E-state index in [-0.39, 0.29) is 22.5 Å². The second kappa shape index (κ2) is 7.99. The van der Waals surface area contributed by atoms with Crippen molar-refractivity contribution in [3.8, 4) is 11.5 Å². The molecule has 0 saturated carbocycles. The lowest BCUT2D eigenvalue weighted by molar-refractivity contribution is -0.143. The second-order valence-electron chi connectivity index (χ2n) is 6.91. The van der Waals surface area contributed by atoms with E-state index in [0.29, 0.717) is 16.2 Å². The van der Waals surface area contributed by atoms with E-state index < -0.39 is 23.3 Å². The average molecular weight is 469 g/mol. The maximum Gasteiger partial charge on any atom is 0.434 e. The van der Waals surface area contributed by atoms with Gasteiger partial charge >= 0.3 is 6.18 Å². The molecule has 14 heteroatoms. The van der Waals surface area contributed by atoms with Gasteiger partial charge in [0.2, 0.25) is 0 Å². The van der Waals surface area contributed by atoms with Gasteiger partial charge in [0.25, 0.3) is 5.91 Å². The molecule has 11 nitrogen and oxygen atoms in total. The number of carbonyl (C=O) groups is 1. The van der Waals surface area contributed by atoms with Crippen LogP contribution in [0.5, 0.6) is 0 Å². The number of amides is 1. The number of rotatable bonds is 5. The summed E-state index contributed by atoms with van der Waals surface area (Å²) in [6.45, 7) is 0. The Morgan fingerprint density at radius 3 is 2.62 bits per heavy atom. The van der Waals surface area contributed by atoms with Gasteiger partial charge in [0.1, 0.15) is 5.52 Å². The molecule has 0 aliphatic carbocycles. The van der Waals surface area contributed by atoms with Crippen LogP contribution in [-0.2, 0) is 6.18 Å². The van der Waals surface area contributed by atoms with Crippen LogP contribution in [-0.4, -0.2) is 47.7 Å². The van der Waals surface area contributed by atoms with E-state index in [1.54, 1.807) is 13.1 Å². The Labute approximate surface area is 188 Å². The summed E-state index contributed by atoms with van der Waals surface area (Å²) in [7, 11) is 1.62. The second-order valence-corrected chi connectivity index (χ2v) is 6.91. The molecule has 0 unspecified atom stereocenters. The summed E-state index contributed by atoms with van der Waals surface area (Å²) in [5, 5.41) is 17.1. The molecule has 34 heavy (non-hydrogen) atoms. The summed E-state index contributed by atoms with van der Waals surface area (Å²) in [5.74, 6) is -0.672. The first-order chi connectivity index (χ1) is 16.4. The number of oxazole rings is 1. The molecule has 4 aromatic heterocycles. The lowest BCUT2D eigenvalue weighted by atomic mass is 10.2. The molecule has 172 valence electrons. The van der Waals surface area contributed by atoms with Gasteiger partial charge in [-0.05, 0) is 18.2 Å². The Hall–Kier alpha value is -4.75. The van der Waals surface area contributed by atoms with Crippen LogP contribution in [0.2, 0.25) is 0 Å². The maximum absolute atomic E-state index is 14.1. The zero-order valence-corrected chi connectivity index (χ0v) is 17.3. The highest BCUT2D eigenvalue weighted by Gasteiger charge is 2.41. The molecule has 0 atom stereocenters. The van der Waals surface area contributed by atoms with Crippen LogP contribution in [0.4, 0.5) is 24.5 Å². The Kier molecular flexibility index (Phi) is 4.96. The number of para-hydroxylation sites is 1. The molecular weight excluding hydrogens is 455 g/mol. The fourth-order valence-corrected chi connectivity index (χ4v) is 3.41. The lowest BCUT2D eigenvalue weighted by Crippen LogP contribution is -2.21. The predicted molar refractivity (Wildman–Crippen MR) is 113 cm³/mol. The van der Waals surface area contributed by atoms with Crippen LogP contribution in [0, 0.1) is 0 Å². The molecule has 1 amide bonds. The van der Waals surface area contributed by atoms with Crippen molar-refractivity contribution < 1.29 is 22.4 Å². The normalized spacial score (nSPS) is 11.6. The number of halogens is 3. The molecule has 4 heterocycles. The summed E-state index contributed by atoms with van der Waals surface area (Å²) in [4.78, 5) is 22.3. The number of pyridine rings is 1. The molecule has 0 bridgehead atoms. The van der Waals surface area contributed by atoms with Crippen LogP contribution >= 0.6 is 0 Å². The van der Waals surface area contributed by atoms with Gasteiger partial charge in [0, 0.05) is 7.05 Å². The van der Waals surface area contributed by atoms with Crippen molar-refractivity contribution in [1.29, 1.82) is 0 Å². The van der Waals surface area contributed by atoms with E-state index in [4.69, 9.17) is 4.42 Å². The number of nitrogens with one attached hydrogen (secondary N) is 2. The van der Waals surface area contributed by atoms with E-state index in [2.05, 4.69) is 35.9 Å². The summed E-state index contributed by atoms with van der Waals surface area (Å²) >= 11 is 0. The molecule has 1 aromatic carbocycles. The van der Waals surface area contributed by atoms with Gasteiger partial charge < -0.3 is 15.1 Å². The molecule has 5 rings (SSSR count). The van der Waals surface area contributed by atoms with Gasteiger partial charge in [0.15, 0.2) is 23.5 Å². The van der Waals surface area contributed by atoms with Crippen LogP contribution in [0.25, 0.3) is 22.6 Å². The third-order valence-electron chi connectivity index (χ3n) is 4.85. The molecule has 5 aromatic rings. The minimum Gasteiger partial charge on any atom is -0.443 e. The number of hydrogen-bond donors (Lipinski definition) is 2. The SMILES string of the molecule is CNc1cc(NC(=O)c2cnn(-c3cccc4ocnc34)c2C(F)(F)F)cnc1-n1nccn1. The lowest BCUT2D eigenvalue weighted by Gasteiger charge is -2.14. The first kappa shape index (κ1) is 21.1. The number of alkyl halides is 3. The van der Waals surface area contributed by atoms with E-state index >= 15 is 0 Å². The predicted octanol–water partition coefficient (Wildman–Crippen LogP) is 3.30. The van der Waals surface area contributed by atoms with Crippen molar-refractivity contribution in [2.75, 3.05) is 17.7 Å². The van der Waals surface area contributed by atoms with Crippen molar-refractivity contribution in [1.82, 2.24) is 34.7 Å². The van der Waals surface area contributed by atoms with Crippen LogP contribution in [0.15, 0.2) is 59.9 Å². The van der Waals surface area contributed by atoms with Gasteiger partial charge in [-0.15, -0.1) is 4.80 Å². The number of hydrogen-bond acceptors (Lipinski definition) is 8. The molecule has 0 spiro atoms. The quantitative estimate of drug-likeness (QED) is 0.401. The van der Waals surface area contributed by atoms with Gasteiger partial charge in [-0.25, -0.2) is 14.6 Å². The highest BCUT2D eigenvalue weighted by atomic mass is 19.4. The van der Waals surface area contributed by atoms with Gasteiger partial charge in [-0.1, -0.05) is 6.07 Å². The molecule has 0 aliphatic rings. The van der Waals surface area contributed by atoms with Crippen LogP contribution in [0.3, 0.4) is 0 Å². The van der Waals surface area contributed by atoms with Crippen molar-refractivity contribution in [2.45, 2.75) is 6.18 Å². The van der Waals surface area contributed by atoms with E-state index in [1.165, 1.54) is 41.6 Å². The maximum atomic E-state index is 14.1. The average Bonchev–Trinajstić information content (AvgIpc) is 3.58. The molecule has 0 saturated heterocycles. The Bertz CT molecular complexity index is 1490. The summed E-state index contributed by atoms with van der Waals surface area (Å²) in [6.07, 6.45) is 1.29. The third kappa shape index (κ3) is 3.60. The number of benzene rings is 1. The summed E-state index contributed by atoms with van der Waals surface area (Å²) in [5.41, 5.74) is -0.842. The molecule has 0 fully saturated rings. The molecule has 2 N–H and O–H groups in total. The topological polar surface area (TPSA) is 129 Å². The van der Waals surface area contributed by atoms with Crippen LogP contribution in [0.1, 0.15) is 16.1 Å². The number of anilines is 2. The highest BCUT2D eigenvalue weighted by molar-refractivity contribution is 6.05. The smallest absolute Gasteiger partial charge is 0.434 e. The first-order valence-electron chi connectivity index (χ1n) is 9.70. The van der Waals surface area contributed by atoms with Gasteiger partial charge in [-0.2, -0.15) is 28.5 Å². The van der Waals surface area contributed by atoms with E-state index in [1.807, 2.05) is 0 Å². The van der Waals surface area contributed by atoms with Crippen LogP contribution < -0.4 is 10.6 Å². The first-order valence-corrected chi connectivity index (χ1v) is 9.70. The fourth-order valence-electron chi connectivity index (χ4n) is 3.41. The minimum atomic E-state index is -4.89. The minimum absolute atomic E-state index is 0.0211. The zero-order chi connectivity index (χ0) is 23.9. The van der Waals surface area contributed by atoms with Crippen molar-refractivity contribution in [2.24, 2.45) is 0 Å². The monoisotopic (exact) mass is 469 g/mol. The Morgan fingerprint density at radius 2 is 1.88 bits per heavy atom. The largest absolute Gasteiger partial charge is 0.443 e. The van der Waals surface area contributed by atoms with Gasteiger partial charge in [-0.3, -0.25) is 4.79 Å². The van der Waals surface area contributed by atoms with Crippen molar-refractivity contribution in [3.05, 3.63) is 66.7 Å². The molecule has 0 radical (unpaired) electrons. The third-order valence-corrected chi connectivity index (χ3v) is 4.85. The Balaban J connectivity index is 1.52. The number of fused-ring (bicyclic) bond motifs is 1. The van der Waals surface area contributed by atoms with Crippen molar-refractivity contribution in [3.63, 3.8) is 0 Å². The number of aromatic nitrogens is 7. The summed E-state index contributed by atoms with van der Waals surface area (Å²) in [6, 6.07) is 5.97.